The van der Waals surface area contributed by atoms with Crippen molar-refractivity contribution in [2.75, 3.05) is 19.6 Å². The lowest BCUT2D eigenvalue weighted by atomic mass is 9.94. The summed E-state index contributed by atoms with van der Waals surface area (Å²) in [6, 6.07) is 0. The van der Waals surface area contributed by atoms with Crippen molar-refractivity contribution < 1.29 is 0 Å². The molecule has 0 aliphatic carbocycles. The summed E-state index contributed by atoms with van der Waals surface area (Å²) in [6.07, 6.45) is 6.51. The first kappa shape index (κ1) is 13.5. The van der Waals surface area contributed by atoms with Crippen LogP contribution in [0.2, 0.25) is 0 Å². The highest BCUT2D eigenvalue weighted by Crippen LogP contribution is 2.20. The van der Waals surface area contributed by atoms with Gasteiger partial charge in [-0.3, -0.25) is 4.90 Å². The van der Waals surface area contributed by atoms with E-state index in [0.717, 1.165) is 37.8 Å². The molecule has 0 radical (unpaired) electrons. The second kappa shape index (κ2) is 6.85. The minimum absolute atomic E-state index is 0.829. The molecule has 0 amide bonds. The Morgan fingerprint density at radius 2 is 2.17 bits per heavy atom. The van der Waals surface area contributed by atoms with E-state index in [9.17, 15) is 0 Å². The first-order valence-corrected chi connectivity index (χ1v) is 7.12. The molecule has 1 aromatic heterocycles. The number of aromatic nitrogens is 3. The van der Waals surface area contributed by atoms with Crippen LogP contribution >= 0.6 is 0 Å². The van der Waals surface area contributed by atoms with Gasteiger partial charge in [0.1, 0.15) is 12.2 Å². The van der Waals surface area contributed by atoms with E-state index in [-0.39, 0.29) is 0 Å². The molecule has 5 heteroatoms. The number of hydrogen-bond donors (Lipinski definition) is 1. The Balaban J connectivity index is 1.82. The van der Waals surface area contributed by atoms with Gasteiger partial charge in [0, 0.05) is 6.54 Å². The maximum atomic E-state index is 5.62. The third-order valence-electron chi connectivity index (χ3n) is 3.78. The van der Waals surface area contributed by atoms with Gasteiger partial charge in [0.15, 0.2) is 0 Å². The molecule has 102 valence electrons. The lowest BCUT2D eigenvalue weighted by molar-refractivity contribution is 0.167. The number of rotatable bonds is 6. The van der Waals surface area contributed by atoms with E-state index in [1.165, 1.54) is 32.4 Å². The second-order valence-electron chi connectivity index (χ2n) is 5.20. The number of nitrogens with zero attached hydrogens (tertiary/aromatic N) is 4. The Bertz CT molecular complexity index is 341. The van der Waals surface area contributed by atoms with Gasteiger partial charge >= 0.3 is 0 Å². The number of nitrogens with two attached hydrogens (primary N) is 1. The monoisotopic (exact) mass is 251 g/mol. The molecule has 5 nitrogen and oxygen atoms in total. The topological polar surface area (TPSA) is 60.0 Å². The Kier molecular flexibility index (Phi) is 5.13. The fraction of sp³-hybridized carbons (Fsp3) is 0.846. The molecule has 2 N–H and O–H groups in total. The number of likely N-dealkylation sites (tertiary alicyclic amines) is 1. The van der Waals surface area contributed by atoms with Crippen molar-refractivity contribution in [2.45, 2.75) is 45.7 Å². The Hall–Kier alpha value is -0.940. The molecule has 1 aliphatic heterocycles. The molecular weight excluding hydrogens is 226 g/mol. The van der Waals surface area contributed by atoms with Gasteiger partial charge in [-0.25, -0.2) is 9.67 Å². The molecule has 1 saturated heterocycles. The van der Waals surface area contributed by atoms with Crippen LogP contribution in [0.4, 0.5) is 0 Å². The summed E-state index contributed by atoms with van der Waals surface area (Å²) in [5, 5.41) is 4.28. The molecule has 0 atom stereocenters. The fourth-order valence-electron chi connectivity index (χ4n) is 2.68. The Morgan fingerprint density at radius 3 is 2.83 bits per heavy atom. The molecule has 2 rings (SSSR count). The quantitative estimate of drug-likeness (QED) is 0.826. The van der Waals surface area contributed by atoms with Crippen molar-refractivity contribution in [3.63, 3.8) is 0 Å². The van der Waals surface area contributed by atoms with Gasteiger partial charge in [0.05, 0.1) is 6.54 Å². The summed E-state index contributed by atoms with van der Waals surface area (Å²) in [7, 11) is 0. The molecule has 0 unspecified atom stereocenters. The van der Waals surface area contributed by atoms with E-state index < -0.39 is 0 Å². The average Bonchev–Trinajstić information content (AvgIpc) is 2.80. The summed E-state index contributed by atoms with van der Waals surface area (Å²) < 4.78 is 2.03. The molecule has 1 fully saturated rings. The normalized spacial score (nSPS) is 18.3. The van der Waals surface area contributed by atoms with E-state index in [2.05, 4.69) is 21.9 Å². The SMILES string of the molecule is CCCn1ncnc1CN1CCC(CCN)CC1. The van der Waals surface area contributed by atoms with Gasteiger partial charge in [0.2, 0.25) is 0 Å². The molecular formula is C13H25N5. The third-order valence-corrected chi connectivity index (χ3v) is 3.78. The molecule has 1 aliphatic rings. The van der Waals surface area contributed by atoms with Crippen LogP contribution in [0.1, 0.15) is 38.4 Å². The van der Waals surface area contributed by atoms with E-state index in [1.807, 2.05) is 4.68 Å². The van der Waals surface area contributed by atoms with Crippen molar-refractivity contribution in [3.8, 4) is 0 Å². The van der Waals surface area contributed by atoms with Crippen LogP contribution in [0.25, 0.3) is 0 Å². The van der Waals surface area contributed by atoms with E-state index in [0.29, 0.717) is 0 Å². The van der Waals surface area contributed by atoms with E-state index in [1.54, 1.807) is 6.33 Å². The van der Waals surface area contributed by atoms with Gasteiger partial charge in [-0.15, -0.1) is 0 Å². The number of aryl methyl sites for hydroxylation is 1. The van der Waals surface area contributed by atoms with Crippen LogP contribution < -0.4 is 5.73 Å². The second-order valence-corrected chi connectivity index (χ2v) is 5.20. The van der Waals surface area contributed by atoms with Gasteiger partial charge < -0.3 is 5.73 Å². The number of hydrogen-bond acceptors (Lipinski definition) is 4. The molecule has 0 aromatic carbocycles. The third kappa shape index (κ3) is 3.53. The standard InChI is InChI=1S/C13H25N5/c1-2-7-18-13(15-11-16-18)10-17-8-4-12(3-6-14)5-9-17/h11-12H,2-10,14H2,1H3. The predicted molar refractivity (Wildman–Crippen MR) is 72.0 cm³/mol. The summed E-state index contributed by atoms with van der Waals surface area (Å²) in [4.78, 5) is 6.86. The highest BCUT2D eigenvalue weighted by Gasteiger charge is 2.19. The van der Waals surface area contributed by atoms with E-state index in [4.69, 9.17) is 5.73 Å². The van der Waals surface area contributed by atoms with E-state index >= 15 is 0 Å². The Labute approximate surface area is 109 Å². The maximum Gasteiger partial charge on any atom is 0.141 e. The zero-order valence-electron chi connectivity index (χ0n) is 11.4. The minimum Gasteiger partial charge on any atom is -0.330 e. The van der Waals surface area contributed by atoms with Crippen molar-refractivity contribution in [1.29, 1.82) is 0 Å². The average molecular weight is 251 g/mol. The van der Waals surface area contributed by atoms with Gasteiger partial charge in [0.25, 0.3) is 0 Å². The summed E-state index contributed by atoms with van der Waals surface area (Å²) in [5.74, 6) is 1.94. The predicted octanol–water partition coefficient (Wildman–Crippen LogP) is 1.25. The minimum atomic E-state index is 0.829. The lowest BCUT2D eigenvalue weighted by Crippen LogP contribution is -2.34. The number of piperidine rings is 1. The van der Waals surface area contributed by atoms with Crippen LogP contribution in [0.5, 0.6) is 0 Å². The summed E-state index contributed by atoms with van der Waals surface area (Å²) >= 11 is 0. The molecule has 0 spiro atoms. The highest BCUT2D eigenvalue weighted by atomic mass is 15.3. The maximum absolute atomic E-state index is 5.62. The van der Waals surface area contributed by atoms with Crippen LogP contribution in [0, 0.1) is 5.92 Å². The molecule has 1 aromatic rings. The van der Waals surface area contributed by atoms with Crippen molar-refractivity contribution in [2.24, 2.45) is 11.7 Å². The van der Waals surface area contributed by atoms with Crippen molar-refractivity contribution >= 4 is 0 Å². The smallest absolute Gasteiger partial charge is 0.141 e. The van der Waals surface area contributed by atoms with Crippen LogP contribution in [-0.2, 0) is 13.1 Å². The molecule has 0 bridgehead atoms. The lowest BCUT2D eigenvalue weighted by Gasteiger charge is -2.31. The van der Waals surface area contributed by atoms with Gasteiger partial charge in [-0.05, 0) is 51.2 Å². The van der Waals surface area contributed by atoms with Crippen LogP contribution in [0.3, 0.4) is 0 Å². The first-order chi connectivity index (χ1) is 8.83. The highest BCUT2D eigenvalue weighted by molar-refractivity contribution is 4.86. The molecule has 2 heterocycles. The van der Waals surface area contributed by atoms with Gasteiger partial charge in [-0.2, -0.15) is 5.10 Å². The summed E-state index contributed by atoms with van der Waals surface area (Å²) in [5.41, 5.74) is 5.62. The molecule has 18 heavy (non-hydrogen) atoms. The Morgan fingerprint density at radius 1 is 1.39 bits per heavy atom. The van der Waals surface area contributed by atoms with Crippen LogP contribution in [-0.4, -0.2) is 39.3 Å². The van der Waals surface area contributed by atoms with Crippen molar-refractivity contribution in [3.05, 3.63) is 12.2 Å². The zero-order chi connectivity index (χ0) is 12.8. The molecule has 0 saturated carbocycles. The zero-order valence-corrected chi connectivity index (χ0v) is 11.4. The fourth-order valence-corrected chi connectivity index (χ4v) is 2.68. The van der Waals surface area contributed by atoms with Crippen molar-refractivity contribution in [1.82, 2.24) is 19.7 Å². The first-order valence-electron chi connectivity index (χ1n) is 7.12. The summed E-state index contributed by atoms with van der Waals surface area (Å²) in [6.45, 7) is 7.25. The van der Waals surface area contributed by atoms with Gasteiger partial charge in [-0.1, -0.05) is 6.92 Å². The van der Waals surface area contributed by atoms with Crippen LogP contribution in [0.15, 0.2) is 6.33 Å². The largest absolute Gasteiger partial charge is 0.330 e.